The highest BCUT2D eigenvalue weighted by Gasteiger charge is 2.27. The van der Waals surface area contributed by atoms with Crippen molar-refractivity contribution in [1.82, 2.24) is 24.1 Å². The van der Waals surface area contributed by atoms with Crippen molar-refractivity contribution in [2.45, 2.75) is 13.8 Å². The Labute approximate surface area is 410 Å². The van der Waals surface area contributed by atoms with Gasteiger partial charge in [-0.1, -0.05) is 201 Å². The van der Waals surface area contributed by atoms with Gasteiger partial charge in [0.1, 0.15) is 11.6 Å². The molecular formula is C64H46FN5O. The number of benzene rings is 8. The SMILES string of the molecule is C\C=C/C=C(O)\C(=C1/C=CC=CC1C)c1c(F)cccc1-c1nc(-c2ccc(-c3ccccc3)cc2)nc(-n2c3ccccc3c3ccc4c5ccccc5n(-c5ccc(-c6ccccc6)cc5)c4c32)n1. The number of hydrogen-bond acceptors (Lipinski definition) is 4. The number of rotatable bonds is 9. The van der Waals surface area contributed by atoms with E-state index < -0.39 is 5.82 Å². The highest BCUT2D eigenvalue weighted by molar-refractivity contribution is 6.23. The van der Waals surface area contributed by atoms with E-state index in [-0.39, 0.29) is 23.1 Å². The van der Waals surface area contributed by atoms with Gasteiger partial charge in [0.2, 0.25) is 5.95 Å². The highest BCUT2D eigenvalue weighted by atomic mass is 19.1. The molecule has 11 aromatic rings. The summed E-state index contributed by atoms with van der Waals surface area (Å²) in [5, 5.41) is 16.2. The number of fused-ring (bicyclic) bond motifs is 7. The van der Waals surface area contributed by atoms with Crippen molar-refractivity contribution >= 4 is 49.2 Å². The molecule has 71 heavy (non-hydrogen) atoms. The molecule has 1 unspecified atom stereocenters. The summed E-state index contributed by atoms with van der Waals surface area (Å²) in [4.78, 5) is 16.0. The summed E-state index contributed by atoms with van der Waals surface area (Å²) in [5.41, 5.74) is 11.8. The summed E-state index contributed by atoms with van der Waals surface area (Å²) in [7, 11) is 0. The van der Waals surface area contributed by atoms with E-state index in [4.69, 9.17) is 15.0 Å². The van der Waals surface area contributed by atoms with Gasteiger partial charge in [0, 0.05) is 55.4 Å². The van der Waals surface area contributed by atoms with Crippen molar-refractivity contribution in [2.24, 2.45) is 5.92 Å². The van der Waals surface area contributed by atoms with Crippen LogP contribution in [0.5, 0.6) is 0 Å². The number of allylic oxidation sites excluding steroid dienone is 9. The number of aromatic nitrogens is 5. The molecule has 0 saturated heterocycles. The highest BCUT2D eigenvalue weighted by Crippen LogP contribution is 2.43. The molecule has 1 aliphatic rings. The van der Waals surface area contributed by atoms with Gasteiger partial charge in [-0.3, -0.25) is 4.57 Å². The first-order chi connectivity index (χ1) is 34.9. The predicted octanol–water partition coefficient (Wildman–Crippen LogP) is 16.4. The van der Waals surface area contributed by atoms with Crippen LogP contribution >= 0.6 is 0 Å². The van der Waals surface area contributed by atoms with Crippen molar-refractivity contribution in [3.8, 4) is 56.7 Å². The topological polar surface area (TPSA) is 68.8 Å². The molecule has 8 aromatic carbocycles. The van der Waals surface area contributed by atoms with Crippen molar-refractivity contribution in [1.29, 1.82) is 0 Å². The molecule has 1 atom stereocenters. The third-order valence-electron chi connectivity index (χ3n) is 13.5. The van der Waals surface area contributed by atoms with Gasteiger partial charge in [0.05, 0.1) is 22.1 Å². The minimum absolute atomic E-state index is 0.0725. The lowest BCUT2D eigenvalue weighted by atomic mass is 9.85. The zero-order chi connectivity index (χ0) is 48.0. The van der Waals surface area contributed by atoms with Crippen molar-refractivity contribution in [3.05, 3.63) is 253 Å². The van der Waals surface area contributed by atoms with E-state index in [0.29, 0.717) is 22.9 Å². The fourth-order valence-corrected chi connectivity index (χ4v) is 10.2. The maximum absolute atomic E-state index is 17.1. The van der Waals surface area contributed by atoms with Crippen molar-refractivity contribution in [2.75, 3.05) is 0 Å². The van der Waals surface area contributed by atoms with Crippen LogP contribution in [0, 0.1) is 11.7 Å². The van der Waals surface area contributed by atoms with E-state index in [2.05, 4.69) is 137 Å². The molecule has 0 aliphatic heterocycles. The van der Waals surface area contributed by atoms with E-state index >= 15 is 4.39 Å². The smallest absolute Gasteiger partial charge is 0.238 e. The van der Waals surface area contributed by atoms with Crippen LogP contribution in [-0.2, 0) is 0 Å². The van der Waals surface area contributed by atoms with Crippen LogP contribution in [0.2, 0.25) is 0 Å². The number of para-hydroxylation sites is 2. The van der Waals surface area contributed by atoms with Gasteiger partial charge in [0.15, 0.2) is 11.6 Å². The molecule has 1 aliphatic carbocycles. The molecule has 0 spiro atoms. The minimum atomic E-state index is -0.516. The minimum Gasteiger partial charge on any atom is -0.507 e. The molecule has 0 radical (unpaired) electrons. The lowest BCUT2D eigenvalue weighted by molar-refractivity contribution is 0.436. The zero-order valence-corrected chi connectivity index (χ0v) is 39.1. The van der Waals surface area contributed by atoms with Crippen LogP contribution in [0.1, 0.15) is 19.4 Å². The van der Waals surface area contributed by atoms with Crippen molar-refractivity contribution < 1.29 is 9.50 Å². The Balaban J connectivity index is 1.17. The van der Waals surface area contributed by atoms with Crippen LogP contribution < -0.4 is 0 Å². The van der Waals surface area contributed by atoms with Gasteiger partial charge in [-0.15, -0.1) is 0 Å². The molecular weight excluding hydrogens is 874 g/mol. The van der Waals surface area contributed by atoms with E-state index in [1.54, 1.807) is 18.2 Å². The number of aliphatic hydroxyl groups is 1. The summed E-state index contributed by atoms with van der Waals surface area (Å²) in [5.74, 6) is 0.305. The summed E-state index contributed by atoms with van der Waals surface area (Å²) < 4.78 is 21.6. The number of hydrogen-bond donors (Lipinski definition) is 1. The number of halogens is 1. The molecule has 6 nitrogen and oxygen atoms in total. The Morgan fingerprint density at radius 1 is 0.535 bits per heavy atom. The lowest BCUT2D eigenvalue weighted by Gasteiger charge is -2.21. The van der Waals surface area contributed by atoms with Gasteiger partial charge < -0.3 is 9.67 Å². The first-order valence-corrected chi connectivity index (χ1v) is 23.9. The molecule has 0 bridgehead atoms. The number of nitrogens with zero attached hydrogens (tertiary/aromatic N) is 5. The van der Waals surface area contributed by atoms with Gasteiger partial charge in [-0.05, 0) is 71.2 Å². The fraction of sp³-hybridized carbons (Fsp3) is 0.0469. The molecule has 0 fully saturated rings. The molecule has 7 heteroatoms. The molecule has 12 rings (SSSR count). The normalized spacial score (nSPS) is 14.7. The monoisotopic (exact) mass is 919 g/mol. The second-order valence-electron chi connectivity index (χ2n) is 17.8. The van der Waals surface area contributed by atoms with Crippen LogP contribution in [-0.4, -0.2) is 29.2 Å². The third kappa shape index (κ3) is 7.56. The summed E-state index contributed by atoms with van der Waals surface area (Å²) >= 11 is 0. The standard InChI is InChI=1S/C64H46FN5O/c1-3-4-30-57(71)59(48-23-12-11-18-41(48)2)58-53(26-17-27-54(58)65)63-66-62(46-33-31-44(32-34-46)42-19-7-5-8-20-42)67-64(68-63)70-56-29-16-14-25-50(56)52-40-39-51-49-24-13-15-28-55(49)69(60(51)61(52)70)47-37-35-45(36-38-47)43-21-9-6-10-22-43/h3-41,71H,1-2H3/b4-3-,57-30+,59-48-. The first-order valence-electron chi connectivity index (χ1n) is 23.9. The van der Waals surface area contributed by atoms with Crippen LogP contribution in [0.4, 0.5) is 4.39 Å². The van der Waals surface area contributed by atoms with E-state index in [1.807, 2.05) is 92.8 Å². The molecule has 0 amide bonds. The Bertz CT molecular complexity index is 4010. The fourth-order valence-electron chi connectivity index (χ4n) is 10.2. The van der Waals surface area contributed by atoms with E-state index in [0.717, 1.165) is 82.7 Å². The van der Waals surface area contributed by atoms with Gasteiger partial charge >= 0.3 is 0 Å². The average molecular weight is 920 g/mol. The Morgan fingerprint density at radius 2 is 1.08 bits per heavy atom. The van der Waals surface area contributed by atoms with Crippen LogP contribution in [0.25, 0.3) is 106 Å². The maximum atomic E-state index is 17.1. The van der Waals surface area contributed by atoms with Gasteiger partial charge in [0.25, 0.3) is 0 Å². The van der Waals surface area contributed by atoms with Gasteiger partial charge in [-0.25, -0.2) is 9.37 Å². The molecule has 340 valence electrons. The van der Waals surface area contributed by atoms with Crippen LogP contribution in [0.15, 0.2) is 242 Å². The van der Waals surface area contributed by atoms with E-state index in [9.17, 15) is 5.11 Å². The second kappa shape index (κ2) is 18.0. The van der Waals surface area contributed by atoms with Crippen molar-refractivity contribution in [3.63, 3.8) is 0 Å². The Morgan fingerprint density at radius 3 is 1.72 bits per heavy atom. The predicted molar refractivity (Wildman–Crippen MR) is 290 cm³/mol. The maximum Gasteiger partial charge on any atom is 0.238 e. The zero-order valence-electron chi connectivity index (χ0n) is 39.1. The number of aliphatic hydroxyl groups excluding tert-OH is 1. The third-order valence-corrected chi connectivity index (χ3v) is 13.5. The molecule has 3 aromatic heterocycles. The summed E-state index contributed by atoms with van der Waals surface area (Å²) in [6.45, 7) is 3.91. The van der Waals surface area contributed by atoms with E-state index in [1.165, 1.54) is 6.07 Å². The second-order valence-corrected chi connectivity index (χ2v) is 17.8. The summed E-state index contributed by atoms with van der Waals surface area (Å²) in [6, 6.07) is 63.8. The lowest BCUT2D eigenvalue weighted by Crippen LogP contribution is -2.10. The van der Waals surface area contributed by atoms with Gasteiger partial charge in [-0.2, -0.15) is 9.97 Å². The summed E-state index contributed by atoms with van der Waals surface area (Å²) in [6.07, 6.45) is 13.0. The average Bonchev–Trinajstić information content (AvgIpc) is 3.95. The Hall–Kier alpha value is -9.20. The molecule has 0 saturated carbocycles. The molecule has 3 heterocycles. The quantitative estimate of drug-likeness (QED) is 0.116. The first kappa shape index (κ1) is 43.1. The molecule has 1 N–H and O–H groups in total. The largest absolute Gasteiger partial charge is 0.507 e. The Kier molecular flexibility index (Phi) is 10.9. The van der Waals surface area contributed by atoms with Crippen LogP contribution in [0.3, 0.4) is 0 Å².